The summed E-state index contributed by atoms with van der Waals surface area (Å²) < 4.78 is 0.253. The fourth-order valence-corrected chi connectivity index (χ4v) is 9.39. The number of amides is 4. The smallest absolute Gasteiger partial charge is 0.246 e. The van der Waals surface area contributed by atoms with Crippen molar-refractivity contribution in [1.82, 2.24) is 10.6 Å². The van der Waals surface area contributed by atoms with Gasteiger partial charge in [0.1, 0.15) is 0 Å². The van der Waals surface area contributed by atoms with Gasteiger partial charge in [0.25, 0.3) is 0 Å². The number of fused-ring (bicyclic) bond motifs is 4. The van der Waals surface area contributed by atoms with Crippen LogP contribution in [0, 0.1) is 10.8 Å². The maximum absolute atomic E-state index is 13.3. The first-order valence-electron chi connectivity index (χ1n) is 10.1. The van der Waals surface area contributed by atoms with Crippen LogP contribution >= 0.6 is 63.7 Å². The van der Waals surface area contributed by atoms with Gasteiger partial charge in [0.2, 0.25) is 23.6 Å². The molecule has 0 aromatic heterocycles. The van der Waals surface area contributed by atoms with E-state index in [2.05, 4.69) is 74.4 Å². The molecule has 4 aliphatic carbocycles. The molecule has 0 spiro atoms. The number of carbonyl (C=O) groups excluding carboxylic acids is 4. The van der Waals surface area contributed by atoms with Crippen molar-refractivity contribution < 1.29 is 19.2 Å². The Morgan fingerprint density at radius 1 is 0.781 bits per heavy atom. The van der Waals surface area contributed by atoms with Crippen LogP contribution in [-0.2, 0) is 19.2 Å². The van der Waals surface area contributed by atoms with Crippen LogP contribution in [0.4, 0.5) is 0 Å². The molecular weight excluding hydrogens is 680 g/mol. The quantitative estimate of drug-likeness (QED) is 0.249. The van der Waals surface area contributed by atoms with E-state index in [0.717, 1.165) is 0 Å². The zero-order valence-electron chi connectivity index (χ0n) is 17.1. The van der Waals surface area contributed by atoms with Gasteiger partial charge in [-0.1, -0.05) is 63.7 Å². The maximum Gasteiger partial charge on any atom is 0.246 e. The minimum Gasteiger partial charge on any atom is -0.366 e. The third-order valence-electron chi connectivity index (χ3n) is 7.30. The number of rotatable bonds is 6. The van der Waals surface area contributed by atoms with Crippen LogP contribution in [-0.4, -0.2) is 38.4 Å². The van der Waals surface area contributed by atoms with Gasteiger partial charge in [-0.25, -0.2) is 0 Å². The fraction of sp³-hybridized carbons (Fsp3) is 0.600. The predicted molar refractivity (Wildman–Crippen MR) is 132 cm³/mol. The lowest BCUT2D eigenvalue weighted by Gasteiger charge is -2.32. The van der Waals surface area contributed by atoms with Gasteiger partial charge in [-0.05, 0) is 45.4 Å². The highest BCUT2D eigenvalue weighted by Crippen LogP contribution is 2.66. The van der Waals surface area contributed by atoms with Crippen molar-refractivity contribution >= 4 is 87.3 Å². The van der Waals surface area contributed by atoms with Crippen molar-refractivity contribution in [2.75, 3.05) is 0 Å². The summed E-state index contributed by atoms with van der Waals surface area (Å²) in [6.45, 7) is 1.64. The second-order valence-electron chi connectivity index (χ2n) is 9.22. The van der Waals surface area contributed by atoms with Gasteiger partial charge in [-0.15, -0.1) is 0 Å². The van der Waals surface area contributed by atoms with Crippen LogP contribution in [0.15, 0.2) is 20.1 Å². The van der Waals surface area contributed by atoms with Crippen molar-refractivity contribution in [2.45, 2.75) is 60.3 Å². The van der Waals surface area contributed by atoms with Crippen LogP contribution in [0.5, 0.6) is 0 Å². The van der Waals surface area contributed by atoms with Gasteiger partial charge in [-0.2, -0.15) is 0 Å². The molecule has 4 atom stereocenters. The number of allylic oxidation sites excluding steroid dienone is 2. The molecule has 4 unspecified atom stereocenters. The van der Waals surface area contributed by atoms with Crippen molar-refractivity contribution in [3.63, 3.8) is 0 Å². The Morgan fingerprint density at radius 2 is 1.12 bits per heavy atom. The average molecular weight is 702 g/mol. The zero-order chi connectivity index (χ0) is 23.9. The van der Waals surface area contributed by atoms with Crippen LogP contribution in [0.1, 0.15) is 45.4 Å². The highest BCUT2D eigenvalue weighted by Gasteiger charge is 2.64. The van der Waals surface area contributed by atoms with E-state index in [1.807, 2.05) is 0 Å². The van der Waals surface area contributed by atoms with E-state index in [1.165, 1.54) is 0 Å². The van der Waals surface area contributed by atoms with Crippen LogP contribution in [0.2, 0.25) is 0 Å². The lowest BCUT2D eigenvalue weighted by molar-refractivity contribution is -0.134. The fourth-order valence-electron chi connectivity index (χ4n) is 5.81. The lowest BCUT2D eigenvalue weighted by atomic mass is 9.78. The Kier molecular flexibility index (Phi) is 5.83. The molecule has 0 heterocycles. The van der Waals surface area contributed by atoms with E-state index in [1.54, 1.807) is 6.92 Å². The number of alkyl halides is 2. The molecule has 8 nitrogen and oxygen atoms in total. The summed E-state index contributed by atoms with van der Waals surface area (Å²) in [5.74, 6) is -2.02. The zero-order valence-corrected chi connectivity index (χ0v) is 23.5. The second kappa shape index (κ2) is 7.64. The summed E-state index contributed by atoms with van der Waals surface area (Å²) in [7, 11) is 0. The molecule has 32 heavy (non-hydrogen) atoms. The number of halogens is 4. The van der Waals surface area contributed by atoms with Crippen LogP contribution in [0.3, 0.4) is 0 Å². The van der Waals surface area contributed by atoms with Crippen molar-refractivity contribution in [1.29, 1.82) is 0 Å². The summed E-state index contributed by atoms with van der Waals surface area (Å²) in [5, 5.41) is 5.65. The largest absolute Gasteiger partial charge is 0.366 e. The lowest BCUT2D eigenvalue weighted by Crippen LogP contribution is -2.55. The minimum atomic E-state index is -1.06. The topological polar surface area (TPSA) is 144 Å². The van der Waals surface area contributed by atoms with E-state index in [9.17, 15) is 19.2 Å². The molecule has 0 radical (unpaired) electrons. The molecule has 2 fully saturated rings. The van der Waals surface area contributed by atoms with Crippen LogP contribution in [0.25, 0.3) is 0 Å². The predicted octanol–water partition coefficient (Wildman–Crippen LogP) is 2.47. The molecule has 174 valence electrons. The monoisotopic (exact) mass is 698 g/mol. The number of carbonyl (C=O) groups is 4. The molecule has 0 aliphatic heterocycles. The number of hydrogen-bond donors (Lipinski definition) is 4. The Labute approximate surface area is 218 Å². The first kappa shape index (κ1) is 24.4. The number of hydrogen-bond acceptors (Lipinski definition) is 4. The summed E-state index contributed by atoms with van der Waals surface area (Å²) in [4.78, 5) is 50.9. The molecule has 4 bridgehead atoms. The van der Waals surface area contributed by atoms with Gasteiger partial charge in [0.05, 0.1) is 25.6 Å². The van der Waals surface area contributed by atoms with Crippen molar-refractivity contribution in [2.24, 2.45) is 22.3 Å². The molecule has 4 rings (SSSR count). The van der Waals surface area contributed by atoms with E-state index in [0.29, 0.717) is 47.5 Å². The Bertz CT molecular complexity index is 965. The molecule has 4 aliphatic rings. The summed E-state index contributed by atoms with van der Waals surface area (Å²) in [5.41, 5.74) is 9.64. The SMILES string of the molecule is CC(NC(=O)C12CCC(Br)(C1)C(Br)=C2C(N)=O)NC(=O)C12CCC(Br)(C1)C(Br)=C2C(N)=O. The summed E-state index contributed by atoms with van der Waals surface area (Å²) >= 11 is 14.2. The number of nitrogens with one attached hydrogen (secondary N) is 2. The van der Waals surface area contributed by atoms with Crippen molar-refractivity contribution in [3.05, 3.63) is 20.1 Å². The van der Waals surface area contributed by atoms with E-state index >= 15 is 0 Å². The minimum absolute atomic E-state index is 0.272. The Hall–Kier alpha value is -0.720. The van der Waals surface area contributed by atoms with Crippen molar-refractivity contribution in [3.8, 4) is 0 Å². The maximum atomic E-state index is 13.3. The van der Waals surface area contributed by atoms with E-state index in [4.69, 9.17) is 11.5 Å². The molecule has 0 aromatic carbocycles. The molecule has 6 N–H and O–H groups in total. The summed E-state index contributed by atoms with van der Waals surface area (Å²) in [6, 6.07) is 0. The standard InChI is InChI=1S/C20H22Br4N4O4/c1-8(27-15(31)17-2-4-19(23,6-17)11(21)9(17)13(25)29)28-16(32)18-3-5-20(24,7-18)12(22)10(18)14(26)30/h8H,2-7H2,1H3,(H2,25,29)(H2,26,30)(H,27,31)(H,28,32). The van der Waals surface area contributed by atoms with Crippen LogP contribution < -0.4 is 22.1 Å². The number of primary amides is 2. The molecule has 12 heteroatoms. The van der Waals surface area contributed by atoms with Gasteiger partial charge in [0, 0.05) is 20.1 Å². The second-order valence-corrected chi connectivity index (χ2v) is 13.8. The average Bonchev–Trinajstić information content (AvgIpc) is 3.34. The Morgan fingerprint density at radius 3 is 1.44 bits per heavy atom. The molecule has 0 aromatic rings. The third-order valence-corrected chi connectivity index (χ3v) is 12.8. The third kappa shape index (κ3) is 3.22. The molecule has 0 saturated heterocycles. The number of nitrogens with two attached hydrogens (primary N) is 2. The molecular formula is C20H22Br4N4O4. The van der Waals surface area contributed by atoms with E-state index in [-0.39, 0.29) is 23.0 Å². The first-order chi connectivity index (χ1) is 14.7. The molecule has 2 saturated carbocycles. The van der Waals surface area contributed by atoms with Gasteiger partial charge in [-0.3, -0.25) is 19.2 Å². The first-order valence-corrected chi connectivity index (χ1v) is 13.3. The van der Waals surface area contributed by atoms with Gasteiger partial charge in [0.15, 0.2) is 0 Å². The molecule has 4 amide bonds. The normalized spacial score (nSPS) is 38.3. The highest BCUT2D eigenvalue weighted by molar-refractivity contribution is 9.14. The summed E-state index contributed by atoms with van der Waals surface area (Å²) in [6.07, 6.45) is 2.36. The Balaban J connectivity index is 1.52. The van der Waals surface area contributed by atoms with Gasteiger partial charge >= 0.3 is 0 Å². The van der Waals surface area contributed by atoms with Gasteiger partial charge < -0.3 is 22.1 Å². The van der Waals surface area contributed by atoms with E-state index < -0.39 is 37.5 Å². The highest BCUT2D eigenvalue weighted by atomic mass is 79.9.